The minimum Gasteiger partial charge on any atom is -0.369 e. The first kappa shape index (κ1) is 34.7. The Labute approximate surface area is 264 Å². The van der Waals surface area contributed by atoms with Crippen molar-refractivity contribution in [3.8, 4) is 0 Å². The molecule has 1 fully saturated rings. The summed E-state index contributed by atoms with van der Waals surface area (Å²) in [6.45, 7) is 5.42. The molecule has 1 heterocycles. The number of anilines is 1. The lowest BCUT2D eigenvalue weighted by molar-refractivity contribution is -0.144. The molecule has 1 aliphatic rings. The largest absolute Gasteiger partial charge is 0.369 e. The molecule has 0 aliphatic carbocycles. The van der Waals surface area contributed by atoms with Crippen LogP contribution in [0.1, 0.15) is 51.6 Å². The van der Waals surface area contributed by atoms with Crippen LogP contribution in [0.25, 0.3) is 0 Å². The van der Waals surface area contributed by atoms with Gasteiger partial charge in [0.2, 0.25) is 23.5 Å². The maximum Gasteiger partial charge on any atom is 0.322 e. The first-order valence-corrected chi connectivity index (χ1v) is 15.2. The summed E-state index contributed by atoms with van der Waals surface area (Å²) >= 11 is 0. The normalized spacial score (nSPS) is 18.0. The molecule has 12 heteroatoms. The molecule has 0 saturated carbocycles. The molecule has 2 unspecified atom stereocenters. The summed E-state index contributed by atoms with van der Waals surface area (Å²) in [6, 6.07) is 13.8. The number of Topliss-reactive ketones (excluding diaryl/α,β-unsaturated/α-hetero) is 1. The SMILES string of the molecule is CCC[C@H](C(=O)C(=O)N[C@H](C(=O)N[C@H](C(=O)N(C)C)c1ccccc1)C(C)C)C1C(C(N)=O)CCN1C(=O)Nc1ccccc1. The van der Waals surface area contributed by atoms with E-state index in [0.717, 1.165) is 0 Å². The zero-order chi connectivity index (χ0) is 33.3. The topological polar surface area (TPSA) is 171 Å². The molecule has 0 aromatic heterocycles. The highest BCUT2D eigenvalue weighted by Crippen LogP contribution is 2.33. The number of ketones is 1. The molecule has 3 rings (SSSR count). The molecule has 0 radical (unpaired) electrons. The first-order chi connectivity index (χ1) is 21.4. The maximum absolute atomic E-state index is 13.8. The van der Waals surface area contributed by atoms with Gasteiger partial charge in [-0.25, -0.2) is 4.79 Å². The molecule has 45 heavy (non-hydrogen) atoms. The van der Waals surface area contributed by atoms with Crippen LogP contribution in [0.2, 0.25) is 0 Å². The van der Waals surface area contributed by atoms with Crippen LogP contribution in [0.4, 0.5) is 10.5 Å². The standard InChI is InChI=1S/C33H44N6O6/c1-6-13-23(27-24(29(34)41)18-19-39(27)33(45)35-22-16-11-8-12-17-22)28(40)31(43)36-25(20(2)3)30(42)37-26(32(44)38(4)5)21-14-9-7-10-15-21/h7-12,14-17,20,23-27H,6,13,18-19H2,1-5H3,(H2,34,41)(H,35,45)(H,36,43)(H,37,42)/t23-,24?,25-,26-,27?/m0/s1. The fourth-order valence-electron chi connectivity index (χ4n) is 5.68. The molecule has 5 N–H and O–H groups in total. The Hall–Kier alpha value is -4.74. The number of rotatable bonds is 13. The van der Waals surface area contributed by atoms with E-state index in [1.165, 1.54) is 9.80 Å². The molecule has 12 nitrogen and oxygen atoms in total. The van der Waals surface area contributed by atoms with Crippen molar-refractivity contribution in [3.05, 3.63) is 66.2 Å². The minimum absolute atomic E-state index is 0.170. The smallest absolute Gasteiger partial charge is 0.322 e. The zero-order valence-electron chi connectivity index (χ0n) is 26.5. The second-order valence-corrected chi connectivity index (χ2v) is 11.8. The monoisotopic (exact) mass is 620 g/mol. The molecule has 2 aromatic carbocycles. The summed E-state index contributed by atoms with van der Waals surface area (Å²) in [7, 11) is 3.15. The first-order valence-electron chi connectivity index (χ1n) is 15.2. The molecule has 0 spiro atoms. The number of nitrogens with two attached hydrogens (primary N) is 1. The molecular formula is C33H44N6O6. The number of likely N-dealkylation sites (tertiary alicyclic amines) is 1. The summed E-state index contributed by atoms with van der Waals surface area (Å²) < 4.78 is 0. The summed E-state index contributed by atoms with van der Waals surface area (Å²) in [4.78, 5) is 82.5. The number of likely N-dealkylation sites (N-methyl/N-ethyl adjacent to an activating group) is 1. The van der Waals surface area contributed by atoms with Crippen molar-refractivity contribution in [3.63, 3.8) is 0 Å². The van der Waals surface area contributed by atoms with Gasteiger partial charge in [-0.1, -0.05) is 75.7 Å². The van der Waals surface area contributed by atoms with Gasteiger partial charge >= 0.3 is 6.03 Å². The van der Waals surface area contributed by atoms with Gasteiger partial charge in [0.05, 0.1) is 12.0 Å². The Morgan fingerprint density at radius 2 is 1.53 bits per heavy atom. The van der Waals surface area contributed by atoms with Crippen LogP contribution >= 0.6 is 0 Å². The Morgan fingerprint density at radius 1 is 0.933 bits per heavy atom. The van der Waals surface area contributed by atoms with E-state index in [9.17, 15) is 28.8 Å². The molecule has 0 bridgehead atoms. The lowest BCUT2D eigenvalue weighted by Crippen LogP contribution is -2.56. The summed E-state index contributed by atoms with van der Waals surface area (Å²) in [6.07, 6.45) is 0.941. The summed E-state index contributed by atoms with van der Waals surface area (Å²) in [5.41, 5.74) is 6.82. The Kier molecular flexibility index (Phi) is 12.2. The van der Waals surface area contributed by atoms with Gasteiger partial charge < -0.3 is 31.5 Å². The van der Waals surface area contributed by atoms with Crippen molar-refractivity contribution in [2.24, 2.45) is 23.5 Å². The Bertz CT molecular complexity index is 1370. The average molecular weight is 621 g/mol. The van der Waals surface area contributed by atoms with Gasteiger partial charge in [0.25, 0.3) is 5.91 Å². The van der Waals surface area contributed by atoms with Gasteiger partial charge in [0, 0.05) is 32.2 Å². The van der Waals surface area contributed by atoms with Crippen molar-refractivity contribution in [1.29, 1.82) is 0 Å². The van der Waals surface area contributed by atoms with Crippen LogP contribution in [-0.4, -0.2) is 78.0 Å². The van der Waals surface area contributed by atoms with E-state index in [0.29, 0.717) is 17.7 Å². The van der Waals surface area contributed by atoms with E-state index < -0.39 is 65.4 Å². The van der Waals surface area contributed by atoms with Gasteiger partial charge in [-0.15, -0.1) is 0 Å². The zero-order valence-corrected chi connectivity index (χ0v) is 26.5. The second-order valence-electron chi connectivity index (χ2n) is 11.8. The fraction of sp³-hybridized carbons (Fsp3) is 0.455. The van der Waals surface area contributed by atoms with Gasteiger partial charge in [-0.05, 0) is 36.5 Å². The number of nitrogens with one attached hydrogen (secondary N) is 3. The third kappa shape index (κ3) is 8.68. The molecule has 5 atom stereocenters. The van der Waals surface area contributed by atoms with Crippen LogP contribution in [0, 0.1) is 17.8 Å². The van der Waals surface area contributed by atoms with Crippen molar-refractivity contribution >= 4 is 41.1 Å². The molecule has 6 amide bonds. The number of carbonyl (C=O) groups is 6. The number of amides is 6. The average Bonchev–Trinajstić information content (AvgIpc) is 3.46. The Morgan fingerprint density at radius 3 is 2.07 bits per heavy atom. The lowest BCUT2D eigenvalue weighted by atomic mass is 9.82. The van der Waals surface area contributed by atoms with Crippen LogP contribution in [0.5, 0.6) is 0 Å². The number of nitrogens with zero attached hydrogens (tertiary/aromatic N) is 2. The number of benzene rings is 2. The van der Waals surface area contributed by atoms with E-state index in [1.54, 1.807) is 88.6 Å². The van der Waals surface area contributed by atoms with Gasteiger partial charge in [-0.3, -0.25) is 24.0 Å². The number of carbonyl (C=O) groups excluding carboxylic acids is 6. The number of primary amides is 1. The summed E-state index contributed by atoms with van der Waals surface area (Å²) in [5, 5.41) is 8.10. The summed E-state index contributed by atoms with van der Waals surface area (Å²) in [5.74, 6) is -5.87. The van der Waals surface area contributed by atoms with Crippen molar-refractivity contribution in [2.75, 3.05) is 26.0 Å². The predicted octanol–water partition coefficient (Wildman–Crippen LogP) is 2.47. The minimum atomic E-state index is -1.15. The predicted molar refractivity (Wildman–Crippen MR) is 169 cm³/mol. The van der Waals surface area contributed by atoms with Crippen LogP contribution in [-0.2, 0) is 24.0 Å². The third-order valence-electron chi connectivity index (χ3n) is 8.02. The highest BCUT2D eigenvalue weighted by atomic mass is 16.2. The van der Waals surface area contributed by atoms with E-state index in [1.807, 2.05) is 6.92 Å². The van der Waals surface area contributed by atoms with Crippen LogP contribution < -0.4 is 21.7 Å². The highest BCUT2D eigenvalue weighted by Gasteiger charge is 2.48. The number of urea groups is 1. The van der Waals surface area contributed by atoms with Gasteiger partial charge in [0.1, 0.15) is 12.1 Å². The van der Waals surface area contributed by atoms with E-state index >= 15 is 0 Å². The molecule has 2 aromatic rings. The van der Waals surface area contributed by atoms with Gasteiger partial charge in [0.15, 0.2) is 0 Å². The molecular weight excluding hydrogens is 576 g/mol. The third-order valence-corrected chi connectivity index (χ3v) is 8.02. The van der Waals surface area contributed by atoms with Crippen molar-refractivity contribution in [1.82, 2.24) is 20.4 Å². The number of hydrogen-bond donors (Lipinski definition) is 4. The molecule has 242 valence electrons. The second kappa shape index (κ2) is 15.8. The van der Waals surface area contributed by atoms with E-state index in [-0.39, 0.29) is 25.3 Å². The lowest BCUT2D eigenvalue weighted by Gasteiger charge is -2.33. The maximum atomic E-state index is 13.8. The highest BCUT2D eigenvalue weighted by molar-refractivity contribution is 6.37. The van der Waals surface area contributed by atoms with Crippen LogP contribution in [0.3, 0.4) is 0 Å². The molecule has 1 aliphatic heterocycles. The van der Waals surface area contributed by atoms with Crippen molar-refractivity contribution in [2.45, 2.75) is 58.2 Å². The molecule has 1 saturated heterocycles. The fourth-order valence-corrected chi connectivity index (χ4v) is 5.68. The van der Waals surface area contributed by atoms with Crippen molar-refractivity contribution < 1.29 is 28.8 Å². The van der Waals surface area contributed by atoms with Crippen LogP contribution in [0.15, 0.2) is 60.7 Å². The quantitative estimate of drug-likeness (QED) is 0.251. The number of para-hydroxylation sites is 1. The Balaban J connectivity index is 1.85. The number of hydrogen-bond acceptors (Lipinski definition) is 6. The van der Waals surface area contributed by atoms with Gasteiger partial charge in [-0.2, -0.15) is 0 Å². The van der Waals surface area contributed by atoms with E-state index in [4.69, 9.17) is 5.73 Å². The van der Waals surface area contributed by atoms with E-state index in [2.05, 4.69) is 16.0 Å².